The highest BCUT2D eigenvalue weighted by Crippen LogP contribution is 2.27. The molecule has 0 aromatic heterocycles. The molecule has 1 fully saturated rings. The Morgan fingerprint density at radius 1 is 1.00 bits per heavy atom. The average molecular weight is 366 g/mol. The highest BCUT2D eigenvalue weighted by Gasteiger charge is 2.28. The fraction of sp³-hybridized carbons (Fsp3) is 0.667. The molecule has 0 saturated carbocycles. The summed E-state index contributed by atoms with van der Waals surface area (Å²) in [5, 5.41) is 0. The SMILES string of the molecule is CC(C)(C)CC/N=C\c1cc(F)cc(F)c1N1CCN(C(C)(C)C)CC1. The summed E-state index contributed by atoms with van der Waals surface area (Å²) >= 11 is 0. The van der Waals surface area contributed by atoms with Gasteiger partial charge >= 0.3 is 0 Å². The van der Waals surface area contributed by atoms with Crippen molar-refractivity contribution in [2.45, 2.75) is 53.5 Å². The Balaban J connectivity index is 2.17. The quantitative estimate of drug-likeness (QED) is 0.718. The van der Waals surface area contributed by atoms with Crippen LogP contribution in [0.25, 0.3) is 0 Å². The van der Waals surface area contributed by atoms with Crippen LogP contribution in [0.15, 0.2) is 17.1 Å². The molecule has 2 rings (SSSR count). The molecule has 1 aromatic carbocycles. The van der Waals surface area contributed by atoms with Gasteiger partial charge in [-0.05, 0) is 38.7 Å². The molecule has 1 saturated heterocycles. The van der Waals surface area contributed by atoms with Crippen LogP contribution in [0, 0.1) is 17.0 Å². The first-order chi connectivity index (χ1) is 12.0. The van der Waals surface area contributed by atoms with Crippen LogP contribution in [-0.4, -0.2) is 49.4 Å². The lowest BCUT2D eigenvalue weighted by molar-refractivity contribution is 0.128. The summed E-state index contributed by atoms with van der Waals surface area (Å²) in [6.07, 6.45) is 2.56. The van der Waals surface area contributed by atoms with Gasteiger partial charge in [0.1, 0.15) is 11.6 Å². The summed E-state index contributed by atoms with van der Waals surface area (Å²) < 4.78 is 28.3. The Labute approximate surface area is 157 Å². The third kappa shape index (κ3) is 5.76. The zero-order valence-electron chi connectivity index (χ0n) is 17.1. The van der Waals surface area contributed by atoms with Crippen LogP contribution in [0.4, 0.5) is 14.5 Å². The van der Waals surface area contributed by atoms with Gasteiger partial charge in [-0.2, -0.15) is 0 Å². The lowest BCUT2D eigenvalue weighted by Gasteiger charge is -2.43. The van der Waals surface area contributed by atoms with Gasteiger partial charge in [0.05, 0.1) is 5.69 Å². The minimum absolute atomic E-state index is 0.102. The van der Waals surface area contributed by atoms with Gasteiger partial charge in [-0.1, -0.05) is 20.8 Å². The van der Waals surface area contributed by atoms with Crippen LogP contribution in [0.2, 0.25) is 0 Å². The first-order valence-electron chi connectivity index (χ1n) is 9.46. The van der Waals surface area contributed by atoms with Gasteiger partial charge < -0.3 is 4.90 Å². The molecule has 0 amide bonds. The molecule has 1 aliphatic rings. The zero-order chi connectivity index (χ0) is 19.5. The Kier molecular flexibility index (Phi) is 6.43. The average Bonchev–Trinajstić information content (AvgIpc) is 2.49. The molecule has 0 aliphatic carbocycles. The first-order valence-corrected chi connectivity index (χ1v) is 9.46. The van der Waals surface area contributed by atoms with Crippen molar-refractivity contribution in [1.29, 1.82) is 0 Å². The van der Waals surface area contributed by atoms with Gasteiger partial charge in [0.25, 0.3) is 0 Å². The monoisotopic (exact) mass is 365 g/mol. The van der Waals surface area contributed by atoms with Crippen LogP contribution >= 0.6 is 0 Å². The van der Waals surface area contributed by atoms with E-state index in [0.717, 1.165) is 38.7 Å². The molecule has 5 heteroatoms. The number of aliphatic imine (C=N–C) groups is 1. The van der Waals surface area contributed by atoms with Crippen molar-refractivity contribution in [2.75, 3.05) is 37.6 Å². The van der Waals surface area contributed by atoms with E-state index in [4.69, 9.17) is 0 Å². The predicted molar refractivity (Wildman–Crippen MR) is 106 cm³/mol. The van der Waals surface area contributed by atoms with Crippen molar-refractivity contribution >= 4 is 11.9 Å². The molecule has 3 nitrogen and oxygen atoms in total. The number of piperazine rings is 1. The third-order valence-corrected chi connectivity index (χ3v) is 4.82. The van der Waals surface area contributed by atoms with Crippen molar-refractivity contribution in [2.24, 2.45) is 10.4 Å². The lowest BCUT2D eigenvalue weighted by atomic mass is 9.92. The van der Waals surface area contributed by atoms with E-state index in [9.17, 15) is 8.78 Å². The Hall–Kier alpha value is -1.49. The Morgan fingerprint density at radius 3 is 2.15 bits per heavy atom. The molecule has 0 unspecified atom stereocenters. The van der Waals surface area contributed by atoms with E-state index in [1.165, 1.54) is 6.07 Å². The third-order valence-electron chi connectivity index (χ3n) is 4.82. The number of rotatable bonds is 4. The van der Waals surface area contributed by atoms with Gasteiger partial charge in [0.15, 0.2) is 0 Å². The first kappa shape index (κ1) is 20.8. The van der Waals surface area contributed by atoms with Crippen molar-refractivity contribution < 1.29 is 8.78 Å². The standard InChI is InChI=1S/C21H33F2N3/c1-20(2,3)7-8-24-15-16-13-17(22)14-18(23)19(16)25-9-11-26(12-10-25)21(4,5)6/h13-15H,7-12H2,1-6H3/b24-15-. The Morgan fingerprint density at radius 2 is 1.62 bits per heavy atom. The van der Waals surface area contributed by atoms with Crippen LogP contribution in [-0.2, 0) is 0 Å². The van der Waals surface area contributed by atoms with Crippen molar-refractivity contribution in [1.82, 2.24) is 4.90 Å². The molecule has 0 bridgehead atoms. The van der Waals surface area contributed by atoms with Crippen molar-refractivity contribution in [3.8, 4) is 0 Å². The number of anilines is 1. The van der Waals surface area contributed by atoms with E-state index in [0.29, 0.717) is 17.8 Å². The van der Waals surface area contributed by atoms with Gasteiger partial charge in [0.2, 0.25) is 0 Å². The second-order valence-electron chi connectivity index (χ2n) is 9.32. The summed E-state index contributed by atoms with van der Waals surface area (Å²) in [5.74, 6) is -1.07. The van der Waals surface area contributed by atoms with Gasteiger partial charge in [-0.3, -0.25) is 9.89 Å². The minimum Gasteiger partial charge on any atom is -0.366 e. The van der Waals surface area contributed by atoms with E-state index >= 15 is 0 Å². The molecule has 0 N–H and O–H groups in total. The second-order valence-corrected chi connectivity index (χ2v) is 9.32. The van der Waals surface area contributed by atoms with Gasteiger partial charge in [-0.25, -0.2) is 8.78 Å². The summed E-state index contributed by atoms with van der Waals surface area (Å²) in [4.78, 5) is 8.83. The predicted octanol–water partition coefficient (Wildman–Crippen LogP) is 4.74. The molecule has 1 heterocycles. The van der Waals surface area contributed by atoms with Crippen molar-refractivity contribution in [3.63, 3.8) is 0 Å². The van der Waals surface area contributed by atoms with E-state index in [1.807, 2.05) is 4.90 Å². The van der Waals surface area contributed by atoms with E-state index in [2.05, 4.69) is 51.4 Å². The van der Waals surface area contributed by atoms with Gasteiger partial charge in [-0.15, -0.1) is 0 Å². The molecule has 1 aliphatic heterocycles. The topological polar surface area (TPSA) is 18.8 Å². The largest absolute Gasteiger partial charge is 0.366 e. The number of benzene rings is 1. The van der Waals surface area contributed by atoms with Crippen molar-refractivity contribution in [3.05, 3.63) is 29.3 Å². The molecule has 146 valence electrons. The highest BCUT2D eigenvalue weighted by atomic mass is 19.1. The number of hydrogen-bond donors (Lipinski definition) is 0. The summed E-state index contributed by atoms with van der Waals surface area (Å²) in [5.41, 5.74) is 1.29. The Bertz CT molecular complexity index is 634. The summed E-state index contributed by atoms with van der Waals surface area (Å²) in [6, 6.07) is 2.35. The maximum Gasteiger partial charge on any atom is 0.150 e. The zero-order valence-corrected chi connectivity index (χ0v) is 17.1. The summed E-state index contributed by atoms with van der Waals surface area (Å²) in [7, 11) is 0. The van der Waals surface area contributed by atoms with E-state index in [-0.39, 0.29) is 11.0 Å². The number of halogens is 2. The molecule has 1 aromatic rings. The van der Waals surface area contributed by atoms with Crippen LogP contribution in [0.1, 0.15) is 53.5 Å². The fourth-order valence-electron chi connectivity index (χ4n) is 3.18. The molecular formula is C21H33F2N3. The van der Waals surface area contributed by atoms with Gasteiger partial charge in [0, 0.05) is 56.1 Å². The normalized spacial score (nSPS) is 17.3. The molecule has 0 spiro atoms. The molecule has 0 atom stereocenters. The molecule has 26 heavy (non-hydrogen) atoms. The van der Waals surface area contributed by atoms with Crippen LogP contribution < -0.4 is 4.90 Å². The fourth-order valence-corrected chi connectivity index (χ4v) is 3.18. The minimum atomic E-state index is -0.558. The summed E-state index contributed by atoms with van der Waals surface area (Å²) in [6.45, 7) is 16.9. The van der Waals surface area contributed by atoms with Crippen LogP contribution in [0.5, 0.6) is 0 Å². The van der Waals surface area contributed by atoms with E-state index in [1.54, 1.807) is 6.21 Å². The van der Waals surface area contributed by atoms with Crippen LogP contribution in [0.3, 0.4) is 0 Å². The molecule has 0 radical (unpaired) electrons. The maximum atomic E-state index is 14.6. The number of nitrogens with zero attached hydrogens (tertiary/aromatic N) is 3. The molecular weight excluding hydrogens is 332 g/mol. The number of hydrogen-bond acceptors (Lipinski definition) is 3. The maximum absolute atomic E-state index is 14.6. The smallest absolute Gasteiger partial charge is 0.150 e. The van der Waals surface area contributed by atoms with E-state index < -0.39 is 11.6 Å². The lowest BCUT2D eigenvalue weighted by Crippen LogP contribution is -2.53. The second kappa shape index (κ2) is 8.03. The highest BCUT2D eigenvalue weighted by molar-refractivity contribution is 5.88.